The number of fused-ring (bicyclic) bond motifs is 1. The van der Waals surface area contributed by atoms with Crippen molar-refractivity contribution in [2.24, 2.45) is 16.1 Å². The molecule has 2 atom stereocenters. The molecule has 0 bridgehead atoms. The Balaban J connectivity index is 1.56. The third-order valence-electron chi connectivity index (χ3n) is 6.81. The number of nitrogens with one attached hydrogen (secondary N) is 1. The molecule has 4 nitrogen and oxygen atoms in total. The van der Waals surface area contributed by atoms with E-state index in [1.165, 1.54) is 49.2 Å². The van der Waals surface area contributed by atoms with Gasteiger partial charge in [-0.1, -0.05) is 49.2 Å². The van der Waals surface area contributed by atoms with Crippen molar-refractivity contribution in [1.29, 1.82) is 0 Å². The van der Waals surface area contributed by atoms with Crippen molar-refractivity contribution in [3.8, 4) is 0 Å². The fourth-order valence-corrected chi connectivity index (χ4v) is 5.35. The molecule has 0 unspecified atom stereocenters. The summed E-state index contributed by atoms with van der Waals surface area (Å²) < 4.78 is 0. The van der Waals surface area contributed by atoms with Crippen LogP contribution in [0.1, 0.15) is 57.8 Å². The van der Waals surface area contributed by atoms with Crippen molar-refractivity contribution < 1.29 is 0 Å². The summed E-state index contributed by atoms with van der Waals surface area (Å²) in [5.41, 5.74) is 8.15. The zero-order chi connectivity index (χ0) is 19.5. The molecule has 3 aliphatic rings. The maximum atomic E-state index is 5.30. The van der Waals surface area contributed by atoms with Crippen LogP contribution in [-0.4, -0.2) is 17.0 Å². The summed E-state index contributed by atoms with van der Waals surface area (Å²) >= 11 is 0. The summed E-state index contributed by atoms with van der Waals surface area (Å²) in [5.74, 6) is 0.615. The van der Waals surface area contributed by atoms with Gasteiger partial charge in [0.2, 0.25) is 0 Å². The van der Waals surface area contributed by atoms with Gasteiger partial charge < -0.3 is 0 Å². The Bertz CT molecular complexity index is 890. The van der Waals surface area contributed by atoms with Crippen LogP contribution in [0, 0.1) is 5.92 Å². The van der Waals surface area contributed by atoms with Gasteiger partial charge in [0.1, 0.15) is 5.54 Å². The summed E-state index contributed by atoms with van der Waals surface area (Å²) in [6.07, 6.45) is 10.8. The van der Waals surface area contributed by atoms with E-state index in [-0.39, 0.29) is 5.54 Å². The number of para-hydroxylation sites is 2. The first-order valence-electron chi connectivity index (χ1n) is 11.2. The quantitative estimate of drug-likeness (QED) is 0.636. The van der Waals surface area contributed by atoms with Gasteiger partial charge in [-0.3, -0.25) is 10.4 Å². The summed E-state index contributed by atoms with van der Waals surface area (Å²) in [5, 5.41) is 12.6. The Labute approximate surface area is 173 Å². The van der Waals surface area contributed by atoms with Crippen LogP contribution in [0.4, 0.5) is 11.4 Å². The highest BCUT2D eigenvalue weighted by atomic mass is 15.5. The van der Waals surface area contributed by atoms with E-state index in [4.69, 9.17) is 10.2 Å². The number of rotatable bonds is 3. The standard InChI is InChI=1S/C25H30N4/c1-3-12-21(13-4-1)26-27-24-17-9-10-18-25(24)19-20-11-7-8-16-23(20)28-29(25)22-14-5-2-6-15-22/h1-6,12-15,20,26H,7-11,16-19H2/t20-,25+/m0/s1. The molecule has 2 aromatic rings. The van der Waals surface area contributed by atoms with E-state index in [0.29, 0.717) is 5.92 Å². The minimum absolute atomic E-state index is 0.104. The van der Waals surface area contributed by atoms with Crippen LogP contribution >= 0.6 is 0 Å². The van der Waals surface area contributed by atoms with E-state index in [9.17, 15) is 0 Å². The van der Waals surface area contributed by atoms with Gasteiger partial charge in [-0.15, -0.1) is 0 Å². The van der Waals surface area contributed by atoms with Gasteiger partial charge >= 0.3 is 0 Å². The normalized spacial score (nSPS) is 28.1. The lowest BCUT2D eigenvalue weighted by Gasteiger charge is -2.51. The highest BCUT2D eigenvalue weighted by molar-refractivity contribution is 6.01. The van der Waals surface area contributed by atoms with Gasteiger partial charge in [0, 0.05) is 11.6 Å². The molecule has 1 spiro atoms. The number of hydrazone groups is 2. The summed E-state index contributed by atoms with van der Waals surface area (Å²) in [7, 11) is 0. The molecule has 29 heavy (non-hydrogen) atoms. The Morgan fingerprint density at radius 2 is 1.66 bits per heavy atom. The minimum atomic E-state index is -0.104. The second kappa shape index (κ2) is 8.02. The molecule has 0 amide bonds. The van der Waals surface area contributed by atoms with Crippen molar-refractivity contribution in [1.82, 2.24) is 0 Å². The molecule has 5 rings (SSSR count). The highest BCUT2D eigenvalue weighted by Gasteiger charge is 2.49. The maximum Gasteiger partial charge on any atom is 0.104 e. The molecular weight excluding hydrogens is 356 g/mol. The van der Waals surface area contributed by atoms with Crippen LogP contribution in [-0.2, 0) is 0 Å². The van der Waals surface area contributed by atoms with Crippen LogP contribution in [0.15, 0.2) is 70.9 Å². The molecule has 2 aliphatic carbocycles. The maximum absolute atomic E-state index is 5.30. The van der Waals surface area contributed by atoms with Crippen molar-refractivity contribution in [3.63, 3.8) is 0 Å². The molecule has 1 aliphatic heterocycles. The van der Waals surface area contributed by atoms with Crippen LogP contribution in [0.5, 0.6) is 0 Å². The summed E-state index contributed by atoms with van der Waals surface area (Å²) in [6.45, 7) is 0. The average Bonchev–Trinajstić information content (AvgIpc) is 2.79. The van der Waals surface area contributed by atoms with E-state index in [0.717, 1.165) is 31.4 Å². The number of nitrogens with zero attached hydrogens (tertiary/aromatic N) is 3. The van der Waals surface area contributed by atoms with Crippen LogP contribution < -0.4 is 10.4 Å². The van der Waals surface area contributed by atoms with Gasteiger partial charge in [0.15, 0.2) is 0 Å². The predicted molar refractivity (Wildman–Crippen MR) is 122 cm³/mol. The highest BCUT2D eigenvalue weighted by Crippen LogP contribution is 2.45. The first-order valence-corrected chi connectivity index (χ1v) is 11.2. The van der Waals surface area contributed by atoms with Crippen molar-refractivity contribution in [2.45, 2.75) is 63.3 Å². The Kier molecular flexibility index (Phi) is 5.09. The monoisotopic (exact) mass is 386 g/mol. The van der Waals surface area contributed by atoms with Crippen LogP contribution in [0.2, 0.25) is 0 Å². The van der Waals surface area contributed by atoms with Crippen LogP contribution in [0.25, 0.3) is 0 Å². The minimum Gasteiger partial charge on any atom is -0.278 e. The largest absolute Gasteiger partial charge is 0.278 e. The number of hydrogen-bond donors (Lipinski definition) is 1. The molecule has 0 saturated heterocycles. The third-order valence-corrected chi connectivity index (χ3v) is 6.81. The molecule has 1 heterocycles. The first-order chi connectivity index (χ1) is 14.4. The van der Waals surface area contributed by atoms with E-state index in [1.54, 1.807) is 0 Å². The molecule has 2 saturated carbocycles. The van der Waals surface area contributed by atoms with Gasteiger partial charge in [-0.05, 0) is 69.2 Å². The second-order valence-electron chi connectivity index (χ2n) is 8.66. The van der Waals surface area contributed by atoms with E-state index < -0.39 is 0 Å². The Hall–Kier alpha value is -2.62. The molecule has 2 aromatic carbocycles. The van der Waals surface area contributed by atoms with Gasteiger partial charge in [-0.2, -0.15) is 10.2 Å². The number of anilines is 2. The van der Waals surface area contributed by atoms with Gasteiger partial charge in [-0.25, -0.2) is 0 Å². The lowest BCUT2D eigenvalue weighted by Crippen LogP contribution is -2.59. The number of hydrogen-bond acceptors (Lipinski definition) is 4. The van der Waals surface area contributed by atoms with E-state index in [1.807, 2.05) is 6.07 Å². The molecule has 1 N–H and O–H groups in total. The Morgan fingerprint density at radius 1 is 0.897 bits per heavy atom. The lowest BCUT2D eigenvalue weighted by atomic mass is 9.69. The molecule has 0 radical (unpaired) electrons. The molecule has 150 valence electrons. The molecule has 0 aromatic heterocycles. The second-order valence-corrected chi connectivity index (χ2v) is 8.66. The third kappa shape index (κ3) is 3.57. The smallest absolute Gasteiger partial charge is 0.104 e. The van der Waals surface area contributed by atoms with E-state index >= 15 is 0 Å². The zero-order valence-corrected chi connectivity index (χ0v) is 17.1. The van der Waals surface area contributed by atoms with Gasteiger partial charge in [0.05, 0.1) is 17.1 Å². The zero-order valence-electron chi connectivity index (χ0n) is 17.1. The fourth-order valence-electron chi connectivity index (χ4n) is 5.35. The summed E-state index contributed by atoms with van der Waals surface area (Å²) in [4.78, 5) is 0. The SMILES string of the molecule is c1ccc(NN=C2CCCC[C@@]23C[C@@H]2CCCCC2=NN3c2ccccc2)cc1. The van der Waals surface area contributed by atoms with Gasteiger partial charge in [0.25, 0.3) is 0 Å². The van der Waals surface area contributed by atoms with Crippen molar-refractivity contribution in [2.75, 3.05) is 10.4 Å². The Morgan fingerprint density at radius 3 is 2.48 bits per heavy atom. The summed E-state index contributed by atoms with van der Waals surface area (Å²) in [6, 6.07) is 21.0. The first kappa shape index (κ1) is 18.4. The van der Waals surface area contributed by atoms with Crippen molar-refractivity contribution in [3.05, 3.63) is 60.7 Å². The molecular formula is C25H30N4. The topological polar surface area (TPSA) is 40.0 Å². The van der Waals surface area contributed by atoms with Crippen LogP contribution in [0.3, 0.4) is 0 Å². The average molecular weight is 387 g/mol. The molecule has 4 heteroatoms. The van der Waals surface area contributed by atoms with E-state index in [2.05, 4.69) is 65.0 Å². The fraction of sp³-hybridized carbons (Fsp3) is 0.440. The molecule has 2 fully saturated rings. The number of benzene rings is 2. The van der Waals surface area contributed by atoms with Crippen molar-refractivity contribution >= 4 is 22.8 Å². The lowest BCUT2D eigenvalue weighted by molar-refractivity contribution is 0.323. The predicted octanol–water partition coefficient (Wildman–Crippen LogP) is 6.22.